The van der Waals surface area contributed by atoms with Gasteiger partial charge in [0.25, 0.3) is 0 Å². The fourth-order valence-electron chi connectivity index (χ4n) is 1.80. The highest BCUT2D eigenvalue weighted by molar-refractivity contribution is 5.84. The highest BCUT2D eigenvalue weighted by Crippen LogP contribution is 2.51. The monoisotopic (exact) mass is 212 g/mol. The van der Waals surface area contributed by atoms with Crippen molar-refractivity contribution in [3.8, 4) is 0 Å². The largest absolute Gasteiger partial charge is 0.467 e. The molecule has 1 saturated heterocycles. The first kappa shape index (κ1) is 12.2. The van der Waals surface area contributed by atoms with Crippen LogP contribution >= 0.6 is 0 Å². The van der Waals surface area contributed by atoms with E-state index in [-0.39, 0.29) is 11.6 Å². The lowest BCUT2D eigenvalue weighted by molar-refractivity contribution is -0.146. The number of hydrogen-bond acceptors (Lipinski definition) is 3. The molecule has 0 N–H and O–H groups in total. The Morgan fingerprint density at radius 2 is 2.00 bits per heavy atom. The number of rotatable bonds is 4. The van der Waals surface area contributed by atoms with E-state index >= 15 is 0 Å². The van der Waals surface area contributed by atoms with E-state index in [0.29, 0.717) is 0 Å². The van der Waals surface area contributed by atoms with Gasteiger partial charge in [-0.2, -0.15) is 0 Å². The molecule has 0 aromatic heterocycles. The number of ether oxygens (including phenoxy) is 2. The fraction of sp³-hybridized carbons (Fsp3) is 0.750. The summed E-state index contributed by atoms with van der Waals surface area (Å²) < 4.78 is 10.2. The van der Waals surface area contributed by atoms with E-state index in [1.165, 1.54) is 12.7 Å². The van der Waals surface area contributed by atoms with Gasteiger partial charge in [0, 0.05) is 0 Å². The summed E-state index contributed by atoms with van der Waals surface area (Å²) in [6, 6.07) is 0. The lowest BCUT2D eigenvalue weighted by Gasteiger charge is -2.09. The third-order valence-corrected chi connectivity index (χ3v) is 3.15. The molecular weight excluding hydrogens is 192 g/mol. The third kappa shape index (κ3) is 2.23. The highest BCUT2D eigenvalue weighted by atomic mass is 16.7. The second kappa shape index (κ2) is 3.97. The van der Waals surface area contributed by atoms with Crippen LogP contribution in [0, 0.1) is 0 Å². The summed E-state index contributed by atoms with van der Waals surface area (Å²) in [5, 5.41) is 0. The molecule has 1 aliphatic heterocycles. The van der Waals surface area contributed by atoms with Gasteiger partial charge >= 0.3 is 5.97 Å². The number of carbonyl (C=O) groups excluding carboxylic acids is 1. The normalized spacial score (nSPS) is 33.4. The topological polar surface area (TPSA) is 38.8 Å². The van der Waals surface area contributed by atoms with Gasteiger partial charge in [0.05, 0.1) is 7.11 Å². The van der Waals surface area contributed by atoms with Crippen LogP contribution in [0.3, 0.4) is 0 Å². The number of methoxy groups -OCH3 is 1. The SMILES string of the molecule is COC(=O)C1(C)OC1(C)CCC=C(C)C. The van der Waals surface area contributed by atoms with Crippen molar-refractivity contribution in [3.05, 3.63) is 11.6 Å². The average Bonchev–Trinajstić information content (AvgIpc) is 2.69. The highest BCUT2D eigenvalue weighted by Gasteiger charge is 2.68. The molecular formula is C12H20O3. The first-order chi connectivity index (χ1) is 6.85. The first-order valence-electron chi connectivity index (χ1n) is 5.28. The molecule has 1 rings (SSSR count). The summed E-state index contributed by atoms with van der Waals surface area (Å²) in [5.74, 6) is -0.276. The second-order valence-electron chi connectivity index (χ2n) is 4.68. The molecule has 0 amide bonds. The van der Waals surface area contributed by atoms with Gasteiger partial charge in [-0.3, -0.25) is 0 Å². The Labute approximate surface area is 91.4 Å². The van der Waals surface area contributed by atoms with E-state index in [1.807, 2.05) is 6.92 Å². The molecule has 0 aromatic carbocycles. The Bertz CT molecular complexity index is 291. The summed E-state index contributed by atoms with van der Waals surface area (Å²) in [7, 11) is 1.39. The van der Waals surface area contributed by atoms with Crippen LogP contribution < -0.4 is 0 Å². The van der Waals surface area contributed by atoms with Crippen LogP contribution in [-0.2, 0) is 14.3 Å². The van der Waals surface area contributed by atoms with Crippen LogP contribution in [-0.4, -0.2) is 24.3 Å². The molecule has 0 aromatic rings. The van der Waals surface area contributed by atoms with Gasteiger partial charge in [0.2, 0.25) is 0 Å². The Morgan fingerprint density at radius 1 is 1.40 bits per heavy atom. The molecule has 1 heterocycles. The zero-order valence-corrected chi connectivity index (χ0v) is 10.2. The molecule has 1 aliphatic rings. The minimum absolute atomic E-state index is 0.276. The van der Waals surface area contributed by atoms with E-state index in [1.54, 1.807) is 6.92 Å². The van der Waals surface area contributed by atoms with E-state index in [9.17, 15) is 4.79 Å². The van der Waals surface area contributed by atoms with E-state index in [2.05, 4.69) is 19.9 Å². The van der Waals surface area contributed by atoms with Gasteiger partial charge in [0.1, 0.15) is 5.60 Å². The molecule has 1 fully saturated rings. The van der Waals surface area contributed by atoms with Gasteiger partial charge in [0.15, 0.2) is 5.60 Å². The van der Waals surface area contributed by atoms with Crippen LogP contribution in [0.4, 0.5) is 0 Å². The molecule has 2 atom stereocenters. The molecule has 0 spiro atoms. The second-order valence-corrected chi connectivity index (χ2v) is 4.68. The summed E-state index contributed by atoms with van der Waals surface area (Å²) in [4.78, 5) is 11.4. The van der Waals surface area contributed by atoms with Gasteiger partial charge in [-0.25, -0.2) is 4.79 Å². The maximum atomic E-state index is 11.4. The average molecular weight is 212 g/mol. The number of hydrogen-bond donors (Lipinski definition) is 0. The fourth-order valence-corrected chi connectivity index (χ4v) is 1.80. The standard InChI is InChI=1S/C12H20O3/c1-9(2)7-6-8-11(3)12(4,15-11)10(13)14-5/h7H,6,8H2,1-5H3. The zero-order valence-electron chi connectivity index (χ0n) is 10.2. The minimum atomic E-state index is -0.739. The summed E-state index contributed by atoms with van der Waals surface area (Å²) in [6.07, 6.45) is 3.94. The van der Waals surface area contributed by atoms with Crippen LogP contribution in [0.5, 0.6) is 0 Å². The van der Waals surface area contributed by atoms with Crippen LogP contribution in [0.15, 0.2) is 11.6 Å². The Hall–Kier alpha value is -0.830. The van der Waals surface area contributed by atoms with Gasteiger partial charge in [-0.1, -0.05) is 11.6 Å². The van der Waals surface area contributed by atoms with Crippen molar-refractivity contribution < 1.29 is 14.3 Å². The van der Waals surface area contributed by atoms with Crippen molar-refractivity contribution in [1.82, 2.24) is 0 Å². The Kier molecular flexibility index (Phi) is 3.24. The van der Waals surface area contributed by atoms with Gasteiger partial charge in [-0.15, -0.1) is 0 Å². The maximum Gasteiger partial charge on any atom is 0.340 e. The predicted molar refractivity (Wildman–Crippen MR) is 58.6 cm³/mol. The van der Waals surface area contributed by atoms with Crippen molar-refractivity contribution >= 4 is 5.97 Å². The number of epoxide rings is 1. The lowest BCUT2D eigenvalue weighted by Crippen LogP contribution is -2.30. The minimum Gasteiger partial charge on any atom is -0.467 e. The van der Waals surface area contributed by atoms with E-state index in [4.69, 9.17) is 9.47 Å². The Balaban J connectivity index is 2.52. The van der Waals surface area contributed by atoms with E-state index < -0.39 is 5.60 Å². The molecule has 0 radical (unpaired) electrons. The van der Waals surface area contributed by atoms with Crippen molar-refractivity contribution in [1.29, 1.82) is 0 Å². The summed E-state index contributed by atoms with van der Waals surface area (Å²) >= 11 is 0. The van der Waals surface area contributed by atoms with Crippen molar-refractivity contribution in [3.63, 3.8) is 0 Å². The summed E-state index contributed by atoms with van der Waals surface area (Å²) in [5.41, 5.74) is 0.197. The smallest absolute Gasteiger partial charge is 0.340 e. The molecule has 3 nitrogen and oxygen atoms in total. The molecule has 3 heteroatoms. The van der Waals surface area contributed by atoms with Gasteiger partial charge in [-0.05, 0) is 40.5 Å². The predicted octanol–water partition coefficient (Wildman–Crippen LogP) is 2.45. The van der Waals surface area contributed by atoms with Gasteiger partial charge < -0.3 is 9.47 Å². The molecule has 2 unspecified atom stereocenters. The molecule has 0 bridgehead atoms. The van der Waals surface area contributed by atoms with Crippen molar-refractivity contribution in [2.24, 2.45) is 0 Å². The zero-order chi connectivity index (χ0) is 11.7. The van der Waals surface area contributed by atoms with Crippen LogP contribution in [0.25, 0.3) is 0 Å². The third-order valence-electron chi connectivity index (χ3n) is 3.15. The first-order valence-corrected chi connectivity index (χ1v) is 5.28. The van der Waals surface area contributed by atoms with Crippen molar-refractivity contribution in [2.45, 2.75) is 51.7 Å². The maximum absolute atomic E-state index is 11.4. The Morgan fingerprint density at radius 3 is 2.47 bits per heavy atom. The lowest BCUT2D eigenvalue weighted by atomic mass is 9.91. The summed E-state index contributed by atoms with van der Waals surface area (Å²) in [6.45, 7) is 7.88. The number of carbonyl (C=O) groups is 1. The van der Waals surface area contributed by atoms with Crippen LogP contribution in [0.2, 0.25) is 0 Å². The number of esters is 1. The molecule has 0 aliphatic carbocycles. The molecule has 15 heavy (non-hydrogen) atoms. The van der Waals surface area contributed by atoms with Crippen LogP contribution in [0.1, 0.15) is 40.5 Å². The molecule has 86 valence electrons. The quantitative estimate of drug-likeness (QED) is 0.408. The van der Waals surface area contributed by atoms with E-state index in [0.717, 1.165) is 12.8 Å². The van der Waals surface area contributed by atoms with Crippen molar-refractivity contribution in [2.75, 3.05) is 7.11 Å². The number of allylic oxidation sites excluding steroid dienone is 2. The molecule has 0 saturated carbocycles.